The number of benzene rings is 2. The Morgan fingerprint density at radius 2 is 2.07 bits per heavy atom. The lowest BCUT2D eigenvalue weighted by atomic mass is 10.1. The number of aromatic nitrogens is 2. The van der Waals surface area contributed by atoms with Crippen molar-refractivity contribution in [1.29, 1.82) is 5.26 Å². The number of nitrogens with zero attached hydrogens (tertiary/aromatic N) is 2. The molecule has 28 heavy (non-hydrogen) atoms. The number of ether oxygens (including phenoxy) is 1. The van der Waals surface area contributed by atoms with E-state index < -0.39 is 5.91 Å². The van der Waals surface area contributed by atoms with Crippen LogP contribution >= 0.6 is 27.5 Å². The molecule has 0 atom stereocenters. The topological polar surface area (TPSA) is 90.8 Å². The molecule has 2 aromatic carbocycles. The summed E-state index contributed by atoms with van der Waals surface area (Å²) in [7, 11) is 1.48. The third-order valence-corrected chi connectivity index (χ3v) is 4.64. The second kappa shape index (κ2) is 8.74. The minimum absolute atomic E-state index is 0.0817. The van der Waals surface area contributed by atoms with Crippen LogP contribution in [0.4, 0.5) is 5.69 Å². The molecular weight excluding hydrogens is 444 g/mol. The van der Waals surface area contributed by atoms with Crippen LogP contribution in [-0.2, 0) is 4.79 Å². The summed E-state index contributed by atoms with van der Waals surface area (Å²) >= 11 is 9.38. The lowest BCUT2D eigenvalue weighted by Gasteiger charge is -2.10. The number of carbonyl (C=O) groups is 1. The molecule has 0 spiro atoms. The van der Waals surface area contributed by atoms with E-state index in [1.54, 1.807) is 24.4 Å². The van der Waals surface area contributed by atoms with E-state index in [-0.39, 0.29) is 5.57 Å². The number of hydrogen-bond donors (Lipinski definition) is 2. The molecule has 0 fully saturated rings. The largest absolute Gasteiger partial charge is 0.495 e. The van der Waals surface area contributed by atoms with Gasteiger partial charge in [0.15, 0.2) is 0 Å². The van der Waals surface area contributed by atoms with Gasteiger partial charge >= 0.3 is 0 Å². The molecule has 2 N–H and O–H groups in total. The number of anilines is 1. The van der Waals surface area contributed by atoms with E-state index in [4.69, 9.17) is 16.3 Å². The highest BCUT2D eigenvalue weighted by atomic mass is 79.9. The van der Waals surface area contributed by atoms with Gasteiger partial charge in [0.2, 0.25) is 0 Å². The van der Waals surface area contributed by atoms with E-state index in [0.29, 0.717) is 27.7 Å². The van der Waals surface area contributed by atoms with Crippen LogP contribution in [-0.4, -0.2) is 23.2 Å². The fourth-order valence-electron chi connectivity index (χ4n) is 2.52. The van der Waals surface area contributed by atoms with Gasteiger partial charge in [0.25, 0.3) is 5.91 Å². The number of hydrogen-bond acceptors (Lipinski definition) is 4. The highest BCUT2D eigenvalue weighted by Gasteiger charge is 2.15. The van der Waals surface area contributed by atoms with Crippen LogP contribution in [0.2, 0.25) is 5.02 Å². The summed E-state index contributed by atoms with van der Waals surface area (Å²) < 4.78 is 6.16. The average Bonchev–Trinajstić information content (AvgIpc) is 3.15. The van der Waals surface area contributed by atoms with Crippen LogP contribution in [0.3, 0.4) is 0 Å². The van der Waals surface area contributed by atoms with E-state index in [0.717, 1.165) is 10.0 Å². The van der Waals surface area contributed by atoms with Crippen molar-refractivity contribution in [3.05, 3.63) is 69.3 Å². The van der Waals surface area contributed by atoms with Gasteiger partial charge in [-0.2, -0.15) is 10.4 Å². The fourth-order valence-corrected chi connectivity index (χ4v) is 2.96. The summed E-state index contributed by atoms with van der Waals surface area (Å²) in [6.07, 6.45) is 3.04. The first-order chi connectivity index (χ1) is 13.5. The Hall–Kier alpha value is -3.08. The molecule has 0 saturated heterocycles. The fraction of sp³-hybridized carbons (Fsp3) is 0.0500. The number of aromatic amines is 1. The Labute approximate surface area is 174 Å². The number of rotatable bonds is 5. The van der Waals surface area contributed by atoms with Crippen molar-refractivity contribution in [3.63, 3.8) is 0 Å². The number of H-pyrrole nitrogens is 1. The molecule has 0 aliphatic carbocycles. The Kier molecular flexibility index (Phi) is 6.14. The quantitative estimate of drug-likeness (QED) is 0.414. The molecule has 3 aromatic rings. The molecule has 0 aliphatic rings. The van der Waals surface area contributed by atoms with Crippen LogP contribution in [0, 0.1) is 11.3 Å². The van der Waals surface area contributed by atoms with E-state index in [2.05, 4.69) is 31.4 Å². The highest BCUT2D eigenvalue weighted by Crippen LogP contribution is 2.29. The van der Waals surface area contributed by atoms with Crippen molar-refractivity contribution in [2.75, 3.05) is 12.4 Å². The first-order valence-corrected chi connectivity index (χ1v) is 9.25. The predicted molar refractivity (Wildman–Crippen MR) is 112 cm³/mol. The normalized spacial score (nSPS) is 11.0. The Bertz CT molecular complexity index is 1080. The van der Waals surface area contributed by atoms with Crippen LogP contribution in [0.25, 0.3) is 17.3 Å². The number of nitrogens with one attached hydrogen (secondary N) is 2. The highest BCUT2D eigenvalue weighted by molar-refractivity contribution is 9.10. The van der Waals surface area contributed by atoms with E-state index in [9.17, 15) is 10.1 Å². The Morgan fingerprint density at radius 3 is 2.75 bits per heavy atom. The van der Waals surface area contributed by atoms with Crippen LogP contribution in [0.5, 0.6) is 5.75 Å². The second-order valence-corrected chi connectivity index (χ2v) is 7.03. The molecule has 0 bridgehead atoms. The molecule has 6 nitrogen and oxygen atoms in total. The monoisotopic (exact) mass is 456 g/mol. The number of methoxy groups -OCH3 is 1. The summed E-state index contributed by atoms with van der Waals surface area (Å²) in [5, 5.41) is 19.5. The maximum atomic E-state index is 12.6. The van der Waals surface area contributed by atoms with Crippen molar-refractivity contribution in [2.45, 2.75) is 0 Å². The molecule has 3 rings (SSSR count). The molecule has 0 saturated carbocycles. The summed E-state index contributed by atoms with van der Waals surface area (Å²) in [5.74, 6) is -0.139. The lowest BCUT2D eigenvalue weighted by Crippen LogP contribution is -2.14. The molecule has 1 aromatic heterocycles. The van der Waals surface area contributed by atoms with Crippen molar-refractivity contribution >= 4 is 45.2 Å². The summed E-state index contributed by atoms with van der Waals surface area (Å²) in [6, 6.07) is 14.4. The number of nitriles is 1. The first-order valence-electron chi connectivity index (χ1n) is 8.08. The van der Waals surface area contributed by atoms with Gasteiger partial charge in [0.1, 0.15) is 17.4 Å². The van der Waals surface area contributed by atoms with Crippen LogP contribution in [0.15, 0.2) is 58.7 Å². The summed E-state index contributed by atoms with van der Waals surface area (Å²) in [5.41, 5.74) is 2.49. The van der Waals surface area contributed by atoms with Crippen molar-refractivity contribution < 1.29 is 9.53 Å². The van der Waals surface area contributed by atoms with Gasteiger partial charge in [-0.1, -0.05) is 39.7 Å². The number of halogens is 2. The molecule has 8 heteroatoms. The molecule has 0 aliphatic heterocycles. The smallest absolute Gasteiger partial charge is 0.266 e. The minimum Gasteiger partial charge on any atom is -0.495 e. The molecule has 1 amide bonds. The van der Waals surface area contributed by atoms with Crippen LogP contribution in [0.1, 0.15) is 5.56 Å². The van der Waals surface area contributed by atoms with Crippen molar-refractivity contribution in [3.8, 4) is 23.1 Å². The van der Waals surface area contributed by atoms with Gasteiger partial charge in [-0.25, -0.2) is 0 Å². The zero-order chi connectivity index (χ0) is 20.1. The number of carbonyl (C=O) groups excluding carboxylic acids is 1. The molecule has 140 valence electrons. The molecule has 0 radical (unpaired) electrons. The van der Waals surface area contributed by atoms with Crippen molar-refractivity contribution in [2.24, 2.45) is 0 Å². The van der Waals surface area contributed by atoms with E-state index >= 15 is 0 Å². The van der Waals surface area contributed by atoms with Gasteiger partial charge in [0, 0.05) is 20.6 Å². The Balaban J connectivity index is 1.90. The first kappa shape index (κ1) is 19.7. The zero-order valence-corrected chi connectivity index (χ0v) is 17.0. The SMILES string of the molecule is COc1ccc(Cl)cc1NC(=O)/C(C#N)=C/c1cn[nH]c1-c1ccc(Br)cc1. The number of amides is 1. The van der Waals surface area contributed by atoms with Gasteiger partial charge in [-0.3, -0.25) is 9.89 Å². The third kappa shape index (κ3) is 4.42. The van der Waals surface area contributed by atoms with Gasteiger partial charge < -0.3 is 10.1 Å². The summed E-state index contributed by atoms with van der Waals surface area (Å²) in [6.45, 7) is 0. The van der Waals surface area contributed by atoms with Crippen molar-refractivity contribution in [1.82, 2.24) is 10.2 Å². The van der Waals surface area contributed by atoms with Gasteiger partial charge in [-0.05, 0) is 36.4 Å². The summed E-state index contributed by atoms with van der Waals surface area (Å²) in [4.78, 5) is 12.6. The zero-order valence-electron chi connectivity index (χ0n) is 14.7. The van der Waals surface area contributed by atoms with E-state index in [1.165, 1.54) is 13.2 Å². The third-order valence-electron chi connectivity index (χ3n) is 3.88. The maximum absolute atomic E-state index is 12.6. The van der Waals surface area contributed by atoms with E-state index in [1.807, 2.05) is 30.3 Å². The van der Waals surface area contributed by atoms with Crippen LogP contribution < -0.4 is 10.1 Å². The second-order valence-electron chi connectivity index (χ2n) is 5.68. The Morgan fingerprint density at radius 1 is 1.32 bits per heavy atom. The molecule has 0 unspecified atom stereocenters. The van der Waals surface area contributed by atoms with Gasteiger partial charge in [0.05, 0.1) is 24.7 Å². The molecule has 1 heterocycles. The standard InChI is InChI=1S/C20H14BrClN4O2/c1-28-18-7-6-16(22)9-17(18)25-20(27)13(10-23)8-14-11-24-26-19(14)12-2-4-15(21)5-3-12/h2-9,11H,1H3,(H,24,26)(H,25,27)/b13-8+. The predicted octanol–water partition coefficient (Wildman–Crippen LogP) is 5.05. The van der Waals surface area contributed by atoms with Gasteiger partial charge in [-0.15, -0.1) is 0 Å². The maximum Gasteiger partial charge on any atom is 0.266 e. The molecular formula is C20H14BrClN4O2. The average molecular weight is 458 g/mol. The minimum atomic E-state index is -0.578. The lowest BCUT2D eigenvalue weighted by molar-refractivity contribution is -0.112.